The second-order valence-corrected chi connectivity index (χ2v) is 6.85. The monoisotopic (exact) mass is 358 g/mol. The van der Waals surface area contributed by atoms with Crippen molar-refractivity contribution in [3.8, 4) is 5.75 Å². The van der Waals surface area contributed by atoms with Crippen molar-refractivity contribution in [3.63, 3.8) is 0 Å². The lowest BCUT2D eigenvalue weighted by atomic mass is 10.0. The van der Waals surface area contributed by atoms with Gasteiger partial charge in [0.05, 0.1) is 17.6 Å². The van der Waals surface area contributed by atoms with Crippen LogP contribution in [0.15, 0.2) is 30.6 Å². The minimum absolute atomic E-state index is 0.0858. The molecule has 7 heteroatoms. The Balaban J connectivity index is 1.39. The van der Waals surface area contributed by atoms with Gasteiger partial charge in [-0.05, 0) is 43.5 Å². The molecule has 25 heavy (non-hydrogen) atoms. The third-order valence-corrected chi connectivity index (χ3v) is 4.81. The summed E-state index contributed by atoms with van der Waals surface area (Å²) in [5.41, 5.74) is 1.50. The molecule has 1 amide bonds. The third kappa shape index (κ3) is 3.60. The SMILES string of the molecule is O=C(NC1COc2cc(Cl)ccc2C1)c1cnc(C2CCCN2)nc1. The number of rotatable bonds is 3. The molecule has 2 aliphatic heterocycles. The summed E-state index contributed by atoms with van der Waals surface area (Å²) >= 11 is 5.97. The summed E-state index contributed by atoms with van der Waals surface area (Å²) in [5, 5.41) is 6.98. The van der Waals surface area contributed by atoms with Gasteiger partial charge in [-0.1, -0.05) is 17.7 Å². The lowest BCUT2D eigenvalue weighted by Crippen LogP contribution is -2.42. The molecule has 1 fully saturated rings. The summed E-state index contributed by atoms with van der Waals surface area (Å²) in [7, 11) is 0. The quantitative estimate of drug-likeness (QED) is 0.880. The van der Waals surface area contributed by atoms with E-state index in [9.17, 15) is 4.79 Å². The average molecular weight is 359 g/mol. The van der Waals surface area contributed by atoms with Crippen LogP contribution >= 0.6 is 11.6 Å². The van der Waals surface area contributed by atoms with Crippen molar-refractivity contribution >= 4 is 17.5 Å². The number of aromatic nitrogens is 2. The van der Waals surface area contributed by atoms with Crippen molar-refractivity contribution in [2.75, 3.05) is 13.2 Å². The number of carbonyl (C=O) groups excluding carboxylic acids is 1. The van der Waals surface area contributed by atoms with Crippen LogP contribution in [0.2, 0.25) is 5.02 Å². The number of carbonyl (C=O) groups is 1. The Kier molecular flexibility index (Phi) is 4.55. The standard InChI is InChI=1S/C18H19ClN4O2/c19-13-4-3-11-6-14(10-25-16(11)7-13)23-18(24)12-8-21-17(22-9-12)15-2-1-5-20-15/h3-4,7-9,14-15,20H,1-2,5-6,10H2,(H,23,24). The van der Waals surface area contributed by atoms with E-state index in [0.717, 1.165) is 36.5 Å². The minimum atomic E-state index is -0.183. The van der Waals surface area contributed by atoms with Crippen LogP contribution in [-0.2, 0) is 6.42 Å². The van der Waals surface area contributed by atoms with Crippen molar-refractivity contribution in [3.05, 3.63) is 52.6 Å². The second-order valence-electron chi connectivity index (χ2n) is 6.42. The van der Waals surface area contributed by atoms with Crippen LogP contribution in [0.4, 0.5) is 0 Å². The van der Waals surface area contributed by atoms with Crippen LogP contribution in [0.25, 0.3) is 0 Å². The Morgan fingerprint density at radius 1 is 1.32 bits per heavy atom. The van der Waals surface area contributed by atoms with E-state index in [0.29, 0.717) is 23.6 Å². The highest BCUT2D eigenvalue weighted by molar-refractivity contribution is 6.30. The molecule has 3 heterocycles. The van der Waals surface area contributed by atoms with Crippen molar-refractivity contribution in [2.24, 2.45) is 0 Å². The molecule has 2 N–H and O–H groups in total. The van der Waals surface area contributed by atoms with Gasteiger partial charge in [-0.15, -0.1) is 0 Å². The van der Waals surface area contributed by atoms with E-state index in [1.807, 2.05) is 12.1 Å². The van der Waals surface area contributed by atoms with Gasteiger partial charge in [0.2, 0.25) is 0 Å². The van der Waals surface area contributed by atoms with Gasteiger partial charge in [0.1, 0.15) is 18.2 Å². The molecular formula is C18H19ClN4O2. The Bertz CT molecular complexity index is 775. The molecule has 2 unspecified atom stereocenters. The predicted molar refractivity (Wildman–Crippen MR) is 93.9 cm³/mol. The van der Waals surface area contributed by atoms with Crippen LogP contribution in [0, 0.1) is 0 Å². The Labute approximate surface area is 151 Å². The van der Waals surface area contributed by atoms with Gasteiger partial charge in [0.25, 0.3) is 5.91 Å². The van der Waals surface area contributed by atoms with Gasteiger partial charge in [-0.3, -0.25) is 4.79 Å². The molecule has 4 rings (SSSR count). The number of nitrogens with zero attached hydrogens (tertiary/aromatic N) is 2. The maximum absolute atomic E-state index is 12.4. The fourth-order valence-electron chi connectivity index (χ4n) is 3.25. The zero-order valence-electron chi connectivity index (χ0n) is 13.7. The Hall–Kier alpha value is -2.18. The highest BCUT2D eigenvalue weighted by atomic mass is 35.5. The Morgan fingerprint density at radius 2 is 2.16 bits per heavy atom. The molecular weight excluding hydrogens is 340 g/mol. The highest BCUT2D eigenvalue weighted by Crippen LogP contribution is 2.28. The van der Waals surface area contributed by atoms with E-state index < -0.39 is 0 Å². The number of hydrogen-bond donors (Lipinski definition) is 2. The molecule has 0 spiro atoms. The van der Waals surface area contributed by atoms with Crippen LogP contribution in [0.1, 0.15) is 40.6 Å². The molecule has 1 aromatic heterocycles. The van der Waals surface area contributed by atoms with Crippen LogP contribution in [0.3, 0.4) is 0 Å². The van der Waals surface area contributed by atoms with E-state index in [1.54, 1.807) is 18.5 Å². The summed E-state index contributed by atoms with van der Waals surface area (Å²) in [5.74, 6) is 1.35. The normalized spacial score (nSPS) is 22.1. The highest BCUT2D eigenvalue weighted by Gasteiger charge is 2.23. The average Bonchev–Trinajstić information content (AvgIpc) is 3.17. The molecule has 0 bridgehead atoms. The largest absolute Gasteiger partial charge is 0.491 e. The first-order chi connectivity index (χ1) is 12.2. The molecule has 6 nitrogen and oxygen atoms in total. The predicted octanol–water partition coefficient (Wildman–Crippen LogP) is 2.29. The molecule has 0 radical (unpaired) electrons. The van der Waals surface area contributed by atoms with Gasteiger partial charge in [0, 0.05) is 17.4 Å². The maximum atomic E-state index is 12.4. The number of fused-ring (bicyclic) bond motifs is 1. The lowest BCUT2D eigenvalue weighted by molar-refractivity contribution is 0.0914. The van der Waals surface area contributed by atoms with Gasteiger partial charge in [0.15, 0.2) is 0 Å². The van der Waals surface area contributed by atoms with Crippen molar-refractivity contribution < 1.29 is 9.53 Å². The summed E-state index contributed by atoms with van der Waals surface area (Å²) in [6.45, 7) is 1.41. The number of halogens is 1. The third-order valence-electron chi connectivity index (χ3n) is 4.58. The summed E-state index contributed by atoms with van der Waals surface area (Å²) in [6, 6.07) is 5.68. The number of benzene rings is 1. The lowest BCUT2D eigenvalue weighted by Gasteiger charge is -2.26. The molecule has 1 saturated heterocycles. The second kappa shape index (κ2) is 6.98. The number of ether oxygens (including phenoxy) is 1. The zero-order chi connectivity index (χ0) is 17.2. The molecule has 1 aromatic carbocycles. The molecule has 2 aromatic rings. The minimum Gasteiger partial charge on any atom is -0.491 e. The van der Waals surface area contributed by atoms with E-state index in [1.165, 1.54) is 0 Å². The van der Waals surface area contributed by atoms with E-state index in [4.69, 9.17) is 16.3 Å². The van der Waals surface area contributed by atoms with E-state index >= 15 is 0 Å². The topological polar surface area (TPSA) is 76.1 Å². The van der Waals surface area contributed by atoms with Crippen LogP contribution < -0.4 is 15.4 Å². The van der Waals surface area contributed by atoms with Crippen LogP contribution in [0.5, 0.6) is 5.75 Å². The summed E-state index contributed by atoms with van der Waals surface area (Å²) in [4.78, 5) is 21.1. The van der Waals surface area contributed by atoms with Crippen molar-refractivity contribution in [1.82, 2.24) is 20.6 Å². The zero-order valence-corrected chi connectivity index (χ0v) is 14.4. The van der Waals surface area contributed by atoms with Gasteiger partial charge >= 0.3 is 0 Å². The summed E-state index contributed by atoms with van der Waals surface area (Å²) < 4.78 is 5.70. The molecule has 2 aliphatic rings. The number of hydrogen-bond acceptors (Lipinski definition) is 5. The number of amides is 1. The van der Waals surface area contributed by atoms with Gasteiger partial charge in [-0.2, -0.15) is 0 Å². The smallest absolute Gasteiger partial charge is 0.254 e. The molecule has 0 aliphatic carbocycles. The van der Waals surface area contributed by atoms with E-state index in [-0.39, 0.29) is 18.0 Å². The first kappa shape index (κ1) is 16.3. The Morgan fingerprint density at radius 3 is 2.92 bits per heavy atom. The first-order valence-electron chi connectivity index (χ1n) is 8.46. The fourth-order valence-corrected chi connectivity index (χ4v) is 3.41. The van der Waals surface area contributed by atoms with E-state index in [2.05, 4.69) is 20.6 Å². The fraction of sp³-hybridized carbons (Fsp3) is 0.389. The maximum Gasteiger partial charge on any atom is 0.254 e. The van der Waals surface area contributed by atoms with Crippen LogP contribution in [-0.4, -0.2) is 35.1 Å². The van der Waals surface area contributed by atoms with Gasteiger partial charge < -0.3 is 15.4 Å². The van der Waals surface area contributed by atoms with Gasteiger partial charge in [-0.25, -0.2) is 9.97 Å². The number of nitrogens with one attached hydrogen (secondary N) is 2. The first-order valence-corrected chi connectivity index (χ1v) is 8.84. The van der Waals surface area contributed by atoms with Crippen molar-refractivity contribution in [2.45, 2.75) is 31.3 Å². The molecule has 0 saturated carbocycles. The van der Waals surface area contributed by atoms with Crippen molar-refractivity contribution in [1.29, 1.82) is 0 Å². The molecule has 130 valence electrons. The summed E-state index contributed by atoms with van der Waals surface area (Å²) in [6.07, 6.45) is 6.06. The molecule has 2 atom stereocenters.